The number of carboxylic acid groups (broad SMARTS) is 1. The standard InChI is InChI=1S/C15H8O6/c16-4-10-8-2-1-3-9(15(20)21)14(8)13(7-19)12(6-18)11(10)5-17/h1-7H,(H,20,21). The molecule has 104 valence electrons. The molecule has 1 N–H and O–H groups in total. The van der Waals surface area contributed by atoms with Crippen LogP contribution in [0.3, 0.4) is 0 Å². The molecule has 0 spiro atoms. The van der Waals surface area contributed by atoms with Crippen LogP contribution in [0.15, 0.2) is 18.2 Å². The van der Waals surface area contributed by atoms with E-state index in [0.29, 0.717) is 18.9 Å². The zero-order chi connectivity index (χ0) is 15.6. The lowest BCUT2D eigenvalue weighted by molar-refractivity contribution is 0.0698. The number of hydrogen-bond acceptors (Lipinski definition) is 5. The van der Waals surface area contributed by atoms with E-state index in [9.17, 15) is 29.1 Å². The van der Waals surface area contributed by atoms with Gasteiger partial charge in [-0.3, -0.25) is 19.2 Å². The molecule has 6 nitrogen and oxygen atoms in total. The smallest absolute Gasteiger partial charge is 0.336 e. The lowest BCUT2D eigenvalue weighted by Gasteiger charge is -2.12. The van der Waals surface area contributed by atoms with Crippen LogP contribution in [0.4, 0.5) is 0 Å². The Balaban J connectivity index is 3.23. The van der Waals surface area contributed by atoms with Gasteiger partial charge >= 0.3 is 5.97 Å². The monoisotopic (exact) mass is 284 g/mol. The number of fused-ring (bicyclic) bond motifs is 1. The van der Waals surface area contributed by atoms with Crippen molar-refractivity contribution >= 4 is 41.9 Å². The largest absolute Gasteiger partial charge is 0.478 e. The van der Waals surface area contributed by atoms with E-state index < -0.39 is 5.97 Å². The average molecular weight is 284 g/mol. The van der Waals surface area contributed by atoms with Crippen LogP contribution in [0.5, 0.6) is 0 Å². The van der Waals surface area contributed by atoms with E-state index in [1.54, 1.807) is 0 Å². The third-order valence-electron chi connectivity index (χ3n) is 3.20. The number of aromatic carboxylic acids is 1. The van der Waals surface area contributed by atoms with Crippen molar-refractivity contribution in [3.8, 4) is 0 Å². The average Bonchev–Trinajstić information content (AvgIpc) is 2.51. The van der Waals surface area contributed by atoms with Gasteiger partial charge in [0.05, 0.1) is 5.56 Å². The summed E-state index contributed by atoms with van der Waals surface area (Å²) in [7, 11) is 0. The molecule has 0 heterocycles. The van der Waals surface area contributed by atoms with Crippen LogP contribution >= 0.6 is 0 Å². The fourth-order valence-corrected chi connectivity index (χ4v) is 2.32. The van der Waals surface area contributed by atoms with Crippen molar-refractivity contribution in [2.45, 2.75) is 0 Å². The van der Waals surface area contributed by atoms with Crippen LogP contribution in [0.2, 0.25) is 0 Å². The molecule has 0 aliphatic rings. The van der Waals surface area contributed by atoms with Crippen molar-refractivity contribution in [2.24, 2.45) is 0 Å². The lowest BCUT2D eigenvalue weighted by atomic mass is 9.88. The Morgan fingerprint density at radius 1 is 0.810 bits per heavy atom. The van der Waals surface area contributed by atoms with Crippen LogP contribution in [0.25, 0.3) is 10.8 Å². The SMILES string of the molecule is O=Cc1c(C=O)c(C=O)c2c(C(=O)O)cccc2c1C=O. The van der Waals surface area contributed by atoms with E-state index in [2.05, 4.69) is 0 Å². The van der Waals surface area contributed by atoms with E-state index >= 15 is 0 Å². The summed E-state index contributed by atoms with van der Waals surface area (Å²) in [6.45, 7) is 0. The maximum absolute atomic E-state index is 11.3. The molecule has 0 aromatic heterocycles. The minimum absolute atomic E-state index is 0.0326. The normalized spacial score (nSPS) is 10.1. The zero-order valence-electron chi connectivity index (χ0n) is 10.5. The highest BCUT2D eigenvalue weighted by molar-refractivity contribution is 6.20. The van der Waals surface area contributed by atoms with E-state index in [4.69, 9.17) is 0 Å². The van der Waals surface area contributed by atoms with Crippen molar-refractivity contribution in [1.29, 1.82) is 0 Å². The zero-order valence-corrected chi connectivity index (χ0v) is 10.5. The topological polar surface area (TPSA) is 106 Å². The van der Waals surface area contributed by atoms with Gasteiger partial charge in [0.15, 0.2) is 25.1 Å². The second kappa shape index (κ2) is 5.46. The van der Waals surface area contributed by atoms with Crippen molar-refractivity contribution in [1.82, 2.24) is 0 Å². The highest BCUT2D eigenvalue weighted by Crippen LogP contribution is 2.30. The third-order valence-corrected chi connectivity index (χ3v) is 3.20. The van der Waals surface area contributed by atoms with Crippen molar-refractivity contribution in [3.63, 3.8) is 0 Å². The number of carbonyl (C=O) groups excluding carboxylic acids is 4. The van der Waals surface area contributed by atoms with E-state index in [1.807, 2.05) is 0 Å². The maximum Gasteiger partial charge on any atom is 0.336 e. The highest BCUT2D eigenvalue weighted by Gasteiger charge is 2.22. The molecule has 0 atom stereocenters. The van der Waals surface area contributed by atoms with Crippen LogP contribution in [0, 0.1) is 0 Å². The van der Waals surface area contributed by atoms with E-state index in [0.717, 1.165) is 0 Å². The Kier molecular flexibility index (Phi) is 3.71. The van der Waals surface area contributed by atoms with E-state index in [1.165, 1.54) is 18.2 Å². The molecule has 0 radical (unpaired) electrons. The van der Waals surface area contributed by atoms with Gasteiger partial charge in [0, 0.05) is 27.6 Å². The van der Waals surface area contributed by atoms with Gasteiger partial charge in [-0.1, -0.05) is 12.1 Å². The van der Waals surface area contributed by atoms with Crippen molar-refractivity contribution < 1.29 is 29.1 Å². The van der Waals surface area contributed by atoms with Crippen LogP contribution in [0.1, 0.15) is 51.8 Å². The van der Waals surface area contributed by atoms with Gasteiger partial charge in [-0.15, -0.1) is 0 Å². The Morgan fingerprint density at radius 2 is 1.33 bits per heavy atom. The molecular formula is C15H8O6. The van der Waals surface area contributed by atoms with Gasteiger partial charge in [-0.2, -0.15) is 0 Å². The second-order valence-corrected chi connectivity index (χ2v) is 4.16. The number of benzene rings is 2. The van der Waals surface area contributed by atoms with Gasteiger partial charge in [0.25, 0.3) is 0 Å². The van der Waals surface area contributed by atoms with Gasteiger partial charge < -0.3 is 5.11 Å². The van der Waals surface area contributed by atoms with Gasteiger partial charge in [-0.05, 0) is 11.5 Å². The quantitative estimate of drug-likeness (QED) is 0.839. The number of rotatable bonds is 5. The minimum atomic E-state index is -1.31. The molecule has 0 saturated heterocycles. The number of hydrogen-bond donors (Lipinski definition) is 1. The molecule has 2 aromatic rings. The fraction of sp³-hybridized carbons (Fsp3) is 0. The predicted octanol–water partition coefficient (Wildman–Crippen LogP) is 1.79. The predicted molar refractivity (Wildman–Crippen MR) is 72.5 cm³/mol. The Bertz CT molecular complexity index is 804. The second-order valence-electron chi connectivity index (χ2n) is 4.16. The summed E-state index contributed by atoms with van der Waals surface area (Å²) in [5.74, 6) is -1.31. The van der Waals surface area contributed by atoms with Crippen LogP contribution in [-0.2, 0) is 0 Å². The first-order valence-corrected chi connectivity index (χ1v) is 5.77. The van der Waals surface area contributed by atoms with Crippen LogP contribution in [-0.4, -0.2) is 36.2 Å². The maximum atomic E-state index is 11.3. The molecule has 0 unspecified atom stereocenters. The highest BCUT2D eigenvalue weighted by atomic mass is 16.4. The van der Waals surface area contributed by atoms with Crippen molar-refractivity contribution in [2.75, 3.05) is 0 Å². The molecule has 0 aliphatic heterocycles. The number of carboxylic acids is 1. The summed E-state index contributed by atoms with van der Waals surface area (Å²) in [4.78, 5) is 56.1. The summed E-state index contributed by atoms with van der Waals surface area (Å²) >= 11 is 0. The lowest BCUT2D eigenvalue weighted by Crippen LogP contribution is -2.08. The Morgan fingerprint density at radius 3 is 1.81 bits per heavy atom. The Labute approximate surface area is 118 Å². The van der Waals surface area contributed by atoms with E-state index in [-0.39, 0.29) is 44.9 Å². The molecular weight excluding hydrogens is 276 g/mol. The molecule has 0 saturated carbocycles. The fourth-order valence-electron chi connectivity index (χ4n) is 2.32. The summed E-state index contributed by atoms with van der Waals surface area (Å²) in [6.07, 6.45) is 1.23. The summed E-state index contributed by atoms with van der Waals surface area (Å²) in [5.41, 5.74) is -1.07. The molecule has 6 heteroatoms. The first-order valence-electron chi connectivity index (χ1n) is 5.77. The summed E-state index contributed by atoms with van der Waals surface area (Å²) < 4.78 is 0. The first kappa shape index (κ1) is 14.3. The first-order chi connectivity index (χ1) is 10.1. The van der Waals surface area contributed by atoms with Crippen molar-refractivity contribution in [3.05, 3.63) is 46.0 Å². The Hall–Kier alpha value is -3.15. The molecule has 0 aliphatic carbocycles. The van der Waals surface area contributed by atoms with Gasteiger partial charge in [0.2, 0.25) is 0 Å². The molecule has 2 aromatic carbocycles. The summed E-state index contributed by atoms with van der Waals surface area (Å²) in [6, 6.07) is 4.06. The number of carbonyl (C=O) groups is 5. The minimum Gasteiger partial charge on any atom is -0.478 e. The van der Waals surface area contributed by atoms with Crippen LogP contribution < -0.4 is 0 Å². The molecule has 2 rings (SSSR count). The van der Waals surface area contributed by atoms with Gasteiger partial charge in [0.1, 0.15) is 0 Å². The molecule has 21 heavy (non-hydrogen) atoms. The third kappa shape index (κ3) is 2.02. The molecule has 0 fully saturated rings. The molecule has 0 bridgehead atoms. The molecule has 0 amide bonds. The number of aldehydes is 4. The summed E-state index contributed by atoms with van der Waals surface area (Å²) in [5, 5.41) is 9.30. The van der Waals surface area contributed by atoms with Gasteiger partial charge in [-0.25, -0.2) is 4.79 Å².